The molecule has 0 bridgehead atoms. The first-order valence-corrected chi connectivity index (χ1v) is 24.1. The Kier molecular flexibility index (Phi) is 8.80. The molecule has 0 heterocycles. The van der Waals surface area contributed by atoms with Gasteiger partial charge in [-0.15, -0.1) is 0 Å². The summed E-state index contributed by atoms with van der Waals surface area (Å²) in [5.41, 5.74) is 26.2. The second-order valence-electron chi connectivity index (χ2n) is 19.0. The molecule has 0 aromatic heterocycles. The molecule has 3 unspecified atom stereocenters. The van der Waals surface area contributed by atoms with Crippen LogP contribution in [0.5, 0.6) is 0 Å². The molecular formula is C68H46. The maximum atomic E-state index is 2.53. The van der Waals surface area contributed by atoms with Gasteiger partial charge >= 0.3 is 0 Å². The normalized spacial score (nSPS) is 16.1. The molecule has 318 valence electrons. The van der Waals surface area contributed by atoms with Crippen molar-refractivity contribution in [2.24, 2.45) is 0 Å². The van der Waals surface area contributed by atoms with Gasteiger partial charge in [0.25, 0.3) is 0 Å². The predicted octanol–water partition coefficient (Wildman–Crippen LogP) is 17.1. The van der Waals surface area contributed by atoms with Crippen molar-refractivity contribution in [3.8, 4) is 55.6 Å². The molecule has 0 saturated heterocycles. The van der Waals surface area contributed by atoms with Crippen LogP contribution in [0.3, 0.4) is 0 Å². The number of fused-ring (bicyclic) bond motifs is 14. The van der Waals surface area contributed by atoms with Gasteiger partial charge in [0.1, 0.15) is 0 Å². The number of benzene rings is 11. The summed E-state index contributed by atoms with van der Waals surface area (Å²) in [7, 11) is 0. The minimum Gasteiger partial charge on any atom is -0.0622 e. The average molecular weight is 863 g/mol. The van der Waals surface area contributed by atoms with Gasteiger partial charge in [-0.3, -0.25) is 0 Å². The van der Waals surface area contributed by atoms with Crippen molar-refractivity contribution in [3.05, 3.63) is 310 Å². The summed E-state index contributed by atoms with van der Waals surface area (Å²) in [5.74, 6) is 0.345. The summed E-state index contributed by atoms with van der Waals surface area (Å²) in [4.78, 5) is 0. The Bertz CT molecular complexity index is 3760. The van der Waals surface area contributed by atoms with Crippen molar-refractivity contribution >= 4 is 10.8 Å². The van der Waals surface area contributed by atoms with Gasteiger partial charge in [0.05, 0.1) is 5.41 Å². The van der Waals surface area contributed by atoms with Crippen molar-refractivity contribution in [2.75, 3.05) is 0 Å². The van der Waals surface area contributed by atoms with Crippen LogP contribution >= 0.6 is 0 Å². The molecule has 3 aliphatic carbocycles. The fraction of sp³-hybridized carbons (Fsp3) is 0.0588. The minimum atomic E-state index is -0.471. The van der Waals surface area contributed by atoms with E-state index in [9.17, 15) is 0 Å². The molecule has 0 fully saturated rings. The van der Waals surface area contributed by atoms with Gasteiger partial charge in [-0.05, 0) is 128 Å². The van der Waals surface area contributed by atoms with Crippen molar-refractivity contribution in [1.29, 1.82) is 0 Å². The van der Waals surface area contributed by atoms with E-state index in [1.807, 2.05) is 0 Å². The standard InChI is InChI=1S/C68H46/c1-3-18-46(19-4-1)51-29-17-35-64-66(51)59-28-12-14-34-63(59)68(64)62-33-13-11-26-56(62)58-32-16-30-52(67(58)68)48-37-39-49(40-38-48)65-57-27-10-9-25-54(57)55-41-36-44(43-61(55)65)42-60(47-20-5-2-6-21-47)53-31-15-23-45-22-7-8-24-50(45)53/h1-41,43,60,65H,42H2. The molecule has 11 aromatic rings. The maximum Gasteiger partial charge on any atom is 0.0731 e. The van der Waals surface area contributed by atoms with Crippen LogP contribution in [0.25, 0.3) is 66.4 Å². The zero-order valence-corrected chi connectivity index (χ0v) is 37.6. The molecule has 1 spiro atoms. The molecule has 3 atom stereocenters. The molecule has 14 rings (SSSR count). The fourth-order valence-electron chi connectivity index (χ4n) is 12.8. The van der Waals surface area contributed by atoms with Gasteiger partial charge < -0.3 is 0 Å². The smallest absolute Gasteiger partial charge is 0.0622 e. The van der Waals surface area contributed by atoms with Crippen LogP contribution in [0.15, 0.2) is 255 Å². The topological polar surface area (TPSA) is 0 Å². The molecule has 11 aromatic carbocycles. The first-order valence-electron chi connectivity index (χ1n) is 24.1. The lowest BCUT2D eigenvalue weighted by Gasteiger charge is -2.32. The van der Waals surface area contributed by atoms with Crippen molar-refractivity contribution < 1.29 is 0 Å². The Morgan fingerprint density at radius 2 is 0.941 bits per heavy atom. The van der Waals surface area contributed by atoms with Gasteiger partial charge in [0.2, 0.25) is 0 Å². The van der Waals surface area contributed by atoms with Crippen LogP contribution in [0.2, 0.25) is 0 Å². The Morgan fingerprint density at radius 1 is 0.368 bits per heavy atom. The van der Waals surface area contributed by atoms with Crippen LogP contribution < -0.4 is 0 Å². The van der Waals surface area contributed by atoms with E-state index < -0.39 is 5.41 Å². The molecule has 0 nitrogen and oxygen atoms in total. The van der Waals surface area contributed by atoms with Crippen molar-refractivity contribution in [3.63, 3.8) is 0 Å². The summed E-state index contributed by atoms with van der Waals surface area (Å²) in [5, 5.41) is 2.61. The van der Waals surface area contributed by atoms with Gasteiger partial charge in [0.15, 0.2) is 0 Å². The molecule has 0 amide bonds. The molecule has 3 aliphatic rings. The second kappa shape index (κ2) is 15.4. The van der Waals surface area contributed by atoms with Crippen molar-refractivity contribution in [2.45, 2.75) is 23.7 Å². The van der Waals surface area contributed by atoms with Crippen LogP contribution in [0.1, 0.15) is 67.5 Å². The quantitative estimate of drug-likeness (QED) is 0.150. The monoisotopic (exact) mass is 862 g/mol. The Hall–Kier alpha value is -8.32. The summed E-state index contributed by atoms with van der Waals surface area (Å²) in [6.07, 6.45) is 0.912. The lowest BCUT2D eigenvalue weighted by molar-refractivity contribution is 0.796. The fourth-order valence-corrected chi connectivity index (χ4v) is 12.8. The third-order valence-corrected chi connectivity index (χ3v) is 15.6. The Labute approximate surface area is 398 Å². The zero-order chi connectivity index (χ0) is 44.8. The van der Waals surface area contributed by atoms with Crippen molar-refractivity contribution in [1.82, 2.24) is 0 Å². The van der Waals surface area contributed by atoms with Gasteiger partial charge in [-0.2, -0.15) is 0 Å². The van der Waals surface area contributed by atoms with Crippen LogP contribution in [0, 0.1) is 0 Å². The van der Waals surface area contributed by atoms with E-state index in [2.05, 4.69) is 255 Å². The SMILES string of the molecule is c1ccc(-c2cccc3c2-c2ccccc2C32c3ccccc3-c3cccc(-c4ccc(C5c6ccccc6-c6ccc(CC(c7ccccc7)c7cccc8ccccc78)cc65)cc4)c32)cc1. The molecule has 0 N–H and O–H groups in total. The van der Waals surface area contributed by atoms with E-state index in [0.29, 0.717) is 0 Å². The summed E-state index contributed by atoms with van der Waals surface area (Å²) in [6.45, 7) is 0. The highest BCUT2D eigenvalue weighted by molar-refractivity contribution is 6.02. The third kappa shape index (κ3) is 5.68. The lowest BCUT2D eigenvalue weighted by Crippen LogP contribution is -2.26. The van der Waals surface area contributed by atoms with E-state index in [-0.39, 0.29) is 11.8 Å². The summed E-state index contributed by atoms with van der Waals surface area (Å²) < 4.78 is 0. The second-order valence-corrected chi connectivity index (χ2v) is 19.0. The van der Waals surface area contributed by atoms with Crippen LogP contribution in [0.4, 0.5) is 0 Å². The van der Waals surface area contributed by atoms with E-state index in [4.69, 9.17) is 0 Å². The van der Waals surface area contributed by atoms with Gasteiger partial charge in [-0.25, -0.2) is 0 Å². The van der Waals surface area contributed by atoms with Crippen LogP contribution in [-0.2, 0) is 11.8 Å². The first kappa shape index (κ1) is 38.9. The maximum absolute atomic E-state index is 2.53. The predicted molar refractivity (Wildman–Crippen MR) is 282 cm³/mol. The van der Waals surface area contributed by atoms with E-state index in [0.717, 1.165) is 6.42 Å². The van der Waals surface area contributed by atoms with Gasteiger partial charge in [0, 0.05) is 11.8 Å². The molecule has 0 radical (unpaired) electrons. The lowest BCUT2D eigenvalue weighted by atomic mass is 9.68. The molecular weight excluding hydrogens is 817 g/mol. The summed E-state index contributed by atoms with van der Waals surface area (Å²) in [6, 6.07) is 96.0. The largest absolute Gasteiger partial charge is 0.0731 e. The van der Waals surface area contributed by atoms with Crippen LogP contribution in [-0.4, -0.2) is 0 Å². The highest BCUT2D eigenvalue weighted by Gasteiger charge is 2.53. The molecule has 68 heavy (non-hydrogen) atoms. The molecule has 0 heteroatoms. The number of hydrogen-bond acceptors (Lipinski definition) is 0. The van der Waals surface area contributed by atoms with Gasteiger partial charge in [-0.1, -0.05) is 255 Å². The highest BCUT2D eigenvalue weighted by Crippen LogP contribution is 2.65. The Morgan fingerprint density at radius 3 is 1.78 bits per heavy atom. The minimum absolute atomic E-state index is 0.130. The third-order valence-electron chi connectivity index (χ3n) is 15.6. The average Bonchev–Trinajstić information content (AvgIpc) is 4.02. The zero-order valence-electron chi connectivity index (χ0n) is 37.6. The highest BCUT2D eigenvalue weighted by atomic mass is 14.5. The van der Waals surface area contributed by atoms with E-state index in [1.54, 1.807) is 0 Å². The first-order chi connectivity index (χ1) is 33.8. The van der Waals surface area contributed by atoms with E-state index >= 15 is 0 Å². The number of hydrogen-bond donors (Lipinski definition) is 0. The summed E-state index contributed by atoms with van der Waals surface area (Å²) >= 11 is 0. The van der Waals surface area contributed by atoms with E-state index in [1.165, 1.54) is 122 Å². The molecule has 0 saturated carbocycles. The Balaban J connectivity index is 0.897. The molecule has 0 aliphatic heterocycles. The number of rotatable bonds is 7.